The third-order valence-corrected chi connectivity index (χ3v) is 4.12. The summed E-state index contributed by atoms with van der Waals surface area (Å²) in [6.45, 7) is 1.83. The lowest BCUT2D eigenvalue weighted by Gasteiger charge is -2.21. The van der Waals surface area contributed by atoms with Crippen LogP contribution in [0.1, 0.15) is 27.9 Å². The zero-order valence-corrected chi connectivity index (χ0v) is 13.2. The van der Waals surface area contributed by atoms with Crippen molar-refractivity contribution >= 4 is 17.4 Å². The summed E-state index contributed by atoms with van der Waals surface area (Å²) in [6, 6.07) is 8.65. The van der Waals surface area contributed by atoms with E-state index in [0.717, 1.165) is 17.7 Å². The number of rotatable bonds is 4. The van der Waals surface area contributed by atoms with Crippen molar-refractivity contribution in [3.8, 4) is 5.75 Å². The third-order valence-electron chi connectivity index (χ3n) is 4.12. The summed E-state index contributed by atoms with van der Waals surface area (Å²) in [6.07, 6.45) is -0.461. The molecule has 6 heteroatoms. The van der Waals surface area contributed by atoms with Crippen LogP contribution in [0.15, 0.2) is 36.4 Å². The number of ether oxygens (including phenoxy) is 1. The normalized spacial score (nSPS) is 18.9. The molecule has 0 aliphatic carbocycles. The minimum absolute atomic E-state index is 0.0615. The Morgan fingerprint density at radius 2 is 2.04 bits per heavy atom. The number of Topliss-reactive ketones (excluding diaryl/α,β-unsaturated/α-hetero) is 1. The topological polar surface area (TPSA) is 75.6 Å². The summed E-state index contributed by atoms with van der Waals surface area (Å²) in [5.41, 5.74) is -0.150. The van der Waals surface area contributed by atoms with Crippen LogP contribution in [-0.2, 0) is 10.4 Å². The van der Waals surface area contributed by atoms with Gasteiger partial charge >= 0.3 is 0 Å². The monoisotopic (exact) mass is 329 g/mol. The average molecular weight is 329 g/mol. The zero-order chi connectivity index (χ0) is 17.5. The second-order valence-corrected chi connectivity index (χ2v) is 5.81. The van der Waals surface area contributed by atoms with E-state index in [-0.39, 0.29) is 11.3 Å². The zero-order valence-electron chi connectivity index (χ0n) is 13.2. The van der Waals surface area contributed by atoms with Crippen molar-refractivity contribution in [2.45, 2.75) is 18.9 Å². The quantitative estimate of drug-likeness (QED) is 0.845. The van der Waals surface area contributed by atoms with Gasteiger partial charge in [-0.15, -0.1) is 0 Å². The van der Waals surface area contributed by atoms with Gasteiger partial charge in [-0.1, -0.05) is 17.7 Å². The minimum Gasteiger partial charge on any atom is -0.496 e. The predicted molar refractivity (Wildman–Crippen MR) is 85.6 cm³/mol. The fraction of sp³-hybridized carbons (Fsp3) is 0.222. The first-order valence-corrected chi connectivity index (χ1v) is 7.37. The summed E-state index contributed by atoms with van der Waals surface area (Å²) < 4.78 is 18.3. The van der Waals surface area contributed by atoms with Crippen molar-refractivity contribution in [1.29, 1.82) is 0 Å². The standard InChI is InChI=1S/C18H16FNO4/c1-10-3-6-14-13(7-10)18(23,17(22)20-14)9-15(21)12-5-4-11(19)8-16(12)24-2/h3-8,23H,9H2,1-2H3,(H,20,22). The van der Waals surface area contributed by atoms with E-state index in [4.69, 9.17) is 4.74 Å². The molecule has 0 aromatic heterocycles. The van der Waals surface area contributed by atoms with Crippen molar-refractivity contribution in [1.82, 2.24) is 0 Å². The number of aryl methyl sites for hydroxylation is 1. The number of hydrogen-bond acceptors (Lipinski definition) is 4. The van der Waals surface area contributed by atoms with Crippen molar-refractivity contribution in [3.05, 3.63) is 58.9 Å². The van der Waals surface area contributed by atoms with Crippen molar-refractivity contribution in [2.24, 2.45) is 0 Å². The largest absolute Gasteiger partial charge is 0.496 e. The Morgan fingerprint density at radius 3 is 2.75 bits per heavy atom. The van der Waals surface area contributed by atoms with E-state index in [2.05, 4.69) is 5.32 Å². The van der Waals surface area contributed by atoms with Gasteiger partial charge in [0.2, 0.25) is 0 Å². The number of carbonyl (C=O) groups excluding carboxylic acids is 2. The number of halogens is 1. The van der Waals surface area contributed by atoms with Crippen LogP contribution >= 0.6 is 0 Å². The van der Waals surface area contributed by atoms with Crippen LogP contribution in [0, 0.1) is 12.7 Å². The molecular formula is C18H16FNO4. The molecule has 24 heavy (non-hydrogen) atoms. The van der Waals surface area contributed by atoms with Crippen molar-refractivity contribution in [2.75, 3.05) is 12.4 Å². The van der Waals surface area contributed by atoms with E-state index in [0.29, 0.717) is 11.3 Å². The first-order valence-electron chi connectivity index (χ1n) is 7.37. The molecule has 5 nitrogen and oxygen atoms in total. The molecule has 3 rings (SSSR count). The molecule has 0 radical (unpaired) electrons. The van der Waals surface area contributed by atoms with Crippen molar-refractivity contribution < 1.29 is 23.8 Å². The number of aliphatic hydroxyl groups is 1. The number of benzene rings is 2. The number of carbonyl (C=O) groups is 2. The summed E-state index contributed by atoms with van der Waals surface area (Å²) in [5.74, 6) is -1.65. The Kier molecular flexibility index (Phi) is 3.85. The molecule has 1 aliphatic heterocycles. The van der Waals surface area contributed by atoms with Gasteiger partial charge < -0.3 is 15.2 Å². The van der Waals surface area contributed by atoms with Gasteiger partial charge in [0, 0.05) is 17.3 Å². The van der Waals surface area contributed by atoms with E-state index in [1.165, 1.54) is 13.2 Å². The molecule has 1 unspecified atom stereocenters. The number of hydrogen-bond donors (Lipinski definition) is 2. The Balaban J connectivity index is 1.98. The van der Waals surface area contributed by atoms with Crippen LogP contribution in [-0.4, -0.2) is 23.9 Å². The second-order valence-electron chi connectivity index (χ2n) is 5.81. The summed E-state index contributed by atoms with van der Waals surface area (Å²) in [4.78, 5) is 24.8. The van der Waals surface area contributed by atoms with Gasteiger partial charge in [-0.2, -0.15) is 0 Å². The molecule has 0 spiro atoms. The minimum atomic E-state index is -1.96. The number of amides is 1. The highest BCUT2D eigenvalue weighted by molar-refractivity contribution is 6.10. The molecule has 0 fully saturated rings. The van der Waals surface area contributed by atoms with E-state index in [1.807, 2.05) is 6.92 Å². The highest BCUT2D eigenvalue weighted by Crippen LogP contribution is 2.40. The summed E-state index contributed by atoms with van der Waals surface area (Å²) in [7, 11) is 1.32. The van der Waals surface area contributed by atoms with Crippen LogP contribution in [0.5, 0.6) is 5.75 Å². The van der Waals surface area contributed by atoms with Gasteiger partial charge in [0.05, 0.1) is 19.1 Å². The Hall–Kier alpha value is -2.73. The molecule has 1 amide bonds. The van der Waals surface area contributed by atoms with Gasteiger partial charge in [0.1, 0.15) is 11.6 Å². The third kappa shape index (κ3) is 2.55. The molecule has 1 aliphatic rings. The maximum atomic E-state index is 13.3. The first-order chi connectivity index (χ1) is 11.3. The molecule has 2 aromatic carbocycles. The van der Waals surface area contributed by atoms with Gasteiger partial charge in [0.15, 0.2) is 11.4 Å². The van der Waals surface area contributed by atoms with Gasteiger partial charge in [-0.25, -0.2) is 4.39 Å². The van der Waals surface area contributed by atoms with E-state index >= 15 is 0 Å². The van der Waals surface area contributed by atoms with E-state index < -0.39 is 29.5 Å². The average Bonchev–Trinajstić information content (AvgIpc) is 2.78. The SMILES string of the molecule is COc1cc(F)ccc1C(=O)CC1(O)C(=O)Nc2ccc(C)cc21. The fourth-order valence-electron chi connectivity index (χ4n) is 2.86. The first kappa shape index (κ1) is 16.1. The maximum absolute atomic E-state index is 13.3. The summed E-state index contributed by atoms with van der Waals surface area (Å²) >= 11 is 0. The lowest BCUT2D eigenvalue weighted by atomic mass is 9.87. The Morgan fingerprint density at radius 1 is 1.29 bits per heavy atom. The molecule has 0 saturated carbocycles. The Labute approximate surface area is 138 Å². The van der Waals surface area contributed by atoms with Crippen LogP contribution in [0.3, 0.4) is 0 Å². The molecule has 1 heterocycles. The Bertz CT molecular complexity index is 849. The molecule has 2 N–H and O–H groups in total. The molecule has 1 atom stereocenters. The fourth-order valence-corrected chi connectivity index (χ4v) is 2.86. The van der Waals surface area contributed by atoms with Crippen LogP contribution in [0.25, 0.3) is 0 Å². The van der Waals surface area contributed by atoms with E-state index in [1.54, 1.807) is 18.2 Å². The maximum Gasteiger partial charge on any atom is 0.261 e. The van der Waals surface area contributed by atoms with Crippen molar-refractivity contribution in [3.63, 3.8) is 0 Å². The lowest BCUT2D eigenvalue weighted by molar-refractivity contribution is -0.133. The lowest BCUT2D eigenvalue weighted by Crippen LogP contribution is -2.36. The van der Waals surface area contributed by atoms with Gasteiger partial charge in [-0.05, 0) is 25.1 Å². The highest BCUT2D eigenvalue weighted by Gasteiger charge is 2.47. The molecule has 124 valence electrons. The number of nitrogens with one attached hydrogen (secondary N) is 1. The molecule has 0 saturated heterocycles. The van der Waals surface area contributed by atoms with Gasteiger partial charge in [-0.3, -0.25) is 9.59 Å². The number of methoxy groups -OCH3 is 1. The number of ketones is 1. The van der Waals surface area contributed by atoms with Crippen LogP contribution in [0.4, 0.5) is 10.1 Å². The summed E-state index contributed by atoms with van der Waals surface area (Å²) in [5, 5.41) is 13.4. The molecule has 2 aromatic rings. The second kappa shape index (κ2) is 5.72. The smallest absolute Gasteiger partial charge is 0.261 e. The molecular weight excluding hydrogens is 313 g/mol. The van der Waals surface area contributed by atoms with Crippen LogP contribution < -0.4 is 10.1 Å². The number of anilines is 1. The van der Waals surface area contributed by atoms with Gasteiger partial charge in [0.25, 0.3) is 5.91 Å². The molecule has 0 bridgehead atoms. The highest BCUT2D eigenvalue weighted by atomic mass is 19.1. The van der Waals surface area contributed by atoms with Crippen LogP contribution in [0.2, 0.25) is 0 Å². The number of fused-ring (bicyclic) bond motifs is 1. The van der Waals surface area contributed by atoms with E-state index in [9.17, 15) is 19.1 Å². The predicted octanol–water partition coefficient (Wildman–Crippen LogP) is 2.56.